The molecule has 6 heterocycles. The predicted molar refractivity (Wildman–Crippen MR) is 138 cm³/mol. The zero-order valence-electron chi connectivity index (χ0n) is 19.1. The van der Waals surface area contributed by atoms with Gasteiger partial charge in [-0.15, -0.1) is 0 Å². The molecule has 0 fully saturated rings. The number of nitrogens with one attached hydrogen (secondary N) is 3. The highest BCUT2D eigenvalue weighted by Gasteiger charge is 2.16. The van der Waals surface area contributed by atoms with Crippen molar-refractivity contribution in [3.05, 3.63) is 85.9 Å². The zero-order valence-corrected chi connectivity index (χ0v) is 19.1. The molecule has 8 heteroatoms. The van der Waals surface area contributed by atoms with E-state index in [0.717, 1.165) is 73.5 Å². The summed E-state index contributed by atoms with van der Waals surface area (Å²) in [7, 11) is 0. The van der Waals surface area contributed by atoms with Crippen molar-refractivity contribution in [2.24, 2.45) is 0 Å². The molecule has 35 heavy (non-hydrogen) atoms. The Bertz CT molecular complexity index is 1680. The van der Waals surface area contributed by atoms with E-state index in [1.54, 1.807) is 18.6 Å². The molecule has 6 aromatic rings. The van der Waals surface area contributed by atoms with Crippen LogP contribution < -0.4 is 5.32 Å². The molecule has 0 aliphatic heterocycles. The van der Waals surface area contributed by atoms with Gasteiger partial charge in [0.2, 0.25) is 0 Å². The van der Waals surface area contributed by atoms with E-state index in [4.69, 9.17) is 4.98 Å². The molecule has 8 nitrogen and oxygen atoms in total. The van der Waals surface area contributed by atoms with Crippen LogP contribution in [0, 0.1) is 0 Å². The lowest BCUT2D eigenvalue weighted by atomic mass is 10.1. The minimum absolute atomic E-state index is 0.750. The second-order valence-corrected chi connectivity index (χ2v) is 8.28. The van der Waals surface area contributed by atoms with Crippen LogP contribution in [-0.4, -0.2) is 35.1 Å². The molecule has 0 aromatic carbocycles. The van der Waals surface area contributed by atoms with Gasteiger partial charge in [-0.1, -0.05) is 13.5 Å². The number of aromatic nitrogens is 7. The third kappa shape index (κ3) is 3.80. The molecule has 0 spiro atoms. The van der Waals surface area contributed by atoms with Gasteiger partial charge in [-0.2, -0.15) is 5.10 Å². The molecule has 0 radical (unpaired) electrons. The molecule has 3 N–H and O–H groups in total. The van der Waals surface area contributed by atoms with Crippen molar-refractivity contribution in [3.8, 4) is 33.8 Å². The molecular formula is C27H22N8. The number of nitrogens with zero attached hydrogens (tertiary/aromatic N) is 5. The molecule has 0 unspecified atom stereocenters. The molecule has 0 atom stereocenters. The van der Waals surface area contributed by atoms with E-state index in [0.29, 0.717) is 0 Å². The molecule has 0 saturated carbocycles. The summed E-state index contributed by atoms with van der Waals surface area (Å²) in [6.07, 6.45) is 11.7. The Balaban J connectivity index is 1.43. The number of fused-ring (bicyclic) bond motifs is 2. The summed E-state index contributed by atoms with van der Waals surface area (Å²) in [5.74, 6) is 0. The van der Waals surface area contributed by atoms with Gasteiger partial charge < -0.3 is 10.3 Å². The van der Waals surface area contributed by atoms with Crippen molar-refractivity contribution in [1.29, 1.82) is 0 Å². The van der Waals surface area contributed by atoms with E-state index in [9.17, 15) is 0 Å². The molecule has 0 bridgehead atoms. The number of H-pyrrole nitrogens is 2. The lowest BCUT2D eigenvalue weighted by Crippen LogP contribution is -1.97. The van der Waals surface area contributed by atoms with Crippen LogP contribution in [-0.2, 0) is 0 Å². The van der Waals surface area contributed by atoms with E-state index in [-0.39, 0.29) is 0 Å². The van der Waals surface area contributed by atoms with E-state index in [2.05, 4.69) is 55.0 Å². The van der Waals surface area contributed by atoms with Crippen LogP contribution in [0.2, 0.25) is 0 Å². The summed E-state index contributed by atoms with van der Waals surface area (Å²) in [6.45, 7) is 6.07. The molecule has 6 rings (SSSR count). The van der Waals surface area contributed by atoms with Crippen LogP contribution in [0.4, 0.5) is 5.69 Å². The topological polar surface area (TPSA) is 108 Å². The Labute approximate surface area is 201 Å². The fraction of sp³-hybridized carbons (Fsp3) is 0.0741. The Morgan fingerprint density at radius 1 is 0.914 bits per heavy atom. The highest BCUT2D eigenvalue weighted by molar-refractivity contribution is 5.99. The molecule has 0 aliphatic carbocycles. The van der Waals surface area contributed by atoms with Crippen molar-refractivity contribution in [3.63, 3.8) is 0 Å². The first-order valence-corrected chi connectivity index (χ1v) is 11.3. The number of aromatic amines is 2. The summed E-state index contributed by atoms with van der Waals surface area (Å²) >= 11 is 0. The fourth-order valence-electron chi connectivity index (χ4n) is 4.13. The Kier molecular flexibility index (Phi) is 5.03. The number of hydrogen-bond acceptors (Lipinski definition) is 6. The summed E-state index contributed by atoms with van der Waals surface area (Å²) in [4.78, 5) is 21.3. The Morgan fingerprint density at radius 2 is 1.77 bits per heavy atom. The highest BCUT2D eigenvalue weighted by Crippen LogP contribution is 2.33. The molecule has 6 aromatic heterocycles. The lowest BCUT2D eigenvalue weighted by molar-refractivity contribution is 1.11. The number of allylic oxidation sites excluding steroid dienone is 1. The molecular weight excluding hydrogens is 436 g/mol. The number of rotatable bonds is 6. The Morgan fingerprint density at radius 3 is 2.63 bits per heavy atom. The van der Waals surface area contributed by atoms with Gasteiger partial charge in [0.1, 0.15) is 11.2 Å². The van der Waals surface area contributed by atoms with Crippen LogP contribution in [0.3, 0.4) is 0 Å². The predicted octanol–water partition coefficient (Wildman–Crippen LogP) is 5.96. The standard InChI is InChI=1S/C27H22N8/c1-3-16(2)31-19-10-18(12-29-13-19)22-4-5-23-26(33-22)27(35-34-23)24-11-20-21(14-30-15-25(20)32-24)17-6-8-28-9-7-17/h4-15,31-32H,2-3H2,1H3,(H,34,35). The maximum absolute atomic E-state index is 4.95. The summed E-state index contributed by atoms with van der Waals surface area (Å²) in [5.41, 5.74) is 9.82. The van der Waals surface area contributed by atoms with Crippen molar-refractivity contribution in [2.45, 2.75) is 13.3 Å². The maximum atomic E-state index is 4.95. The maximum Gasteiger partial charge on any atom is 0.135 e. The van der Waals surface area contributed by atoms with Crippen LogP contribution in [0.5, 0.6) is 0 Å². The Hall–Kier alpha value is -4.85. The van der Waals surface area contributed by atoms with Crippen LogP contribution in [0.15, 0.2) is 85.9 Å². The van der Waals surface area contributed by atoms with Crippen molar-refractivity contribution in [2.75, 3.05) is 5.32 Å². The van der Waals surface area contributed by atoms with Crippen LogP contribution >= 0.6 is 0 Å². The first kappa shape index (κ1) is 20.7. The van der Waals surface area contributed by atoms with Gasteiger partial charge in [0.15, 0.2) is 0 Å². The number of anilines is 1. The second kappa shape index (κ2) is 8.49. The molecule has 0 amide bonds. The second-order valence-electron chi connectivity index (χ2n) is 8.28. The minimum Gasteiger partial charge on any atom is -0.358 e. The van der Waals surface area contributed by atoms with Gasteiger partial charge in [0.25, 0.3) is 0 Å². The first-order chi connectivity index (χ1) is 17.2. The van der Waals surface area contributed by atoms with Crippen molar-refractivity contribution in [1.82, 2.24) is 35.1 Å². The fourth-order valence-corrected chi connectivity index (χ4v) is 4.13. The quantitative estimate of drug-likeness (QED) is 0.284. The third-order valence-electron chi connectivity index (χ3n) is 5.98. The van der Waals surface area contributed by atoms with Gasteiger partial charge in [-0.05, 0) is 48.4 Å². The number of pyridine rings is 4. The van der Waals surface area contributed by atoms with Crippen LogP contribution in [0.25, 0.3) is 55.7 Å². The van der Waals surface area contributed by atoms with Gasteiger partial charge in [0, 0.05) is 47.0 Å². The lowest BCUT2D eigenvalue weighted by Gasteiger charge is -2.08. The average Bonchev–Trinajstić information content (AvgIpc) is 3.53. The van der Waals surface area contributed by atoms with E-state index in [1.807, 2.05) is 48.9 Å². The van der Waals surface area contributed by atoms with Gasteiger partial charge in [-0.25, -0.2) is 4.98 Å². The van der Waals surface area contributed by atoms with Crippen LogP contribution in [0.1, 0.15) is 13.3 Å². The first-order valence-electron chi connectivity index (χ1n) is 11.3. The molecule has 0 aliphatic rings. The highest BCUT2D eigenvalue weighted by atomic mass is 15.1. The van der Waals surface area contributed by atoms with Crippen molar-refractivity contribution < 1.29 is 0 Å². The van der Waals surface area contributed by atoms with E-state index in [1.165, 1.54) is 0 Å². The monoisotopic (exact) mass is 458 g/mol. The summed E-state index contributed by atoms with van der Waals surface area (Å²) in [5, 5.41) is 12.0. The van der Waals surface area contributed by atoms with Gasteiger partial charge in [0.05, 0.1) is 40.5 Å². The van der Waals surface area contributed by atoms with E-state index < -0.39 is 0 Å². The molecule has 0 saturated heterocycles. The smallest absolute Gasteiger partial charge is 0.135 e. The molecule has 170 valence electrons. The summed E-state index contributed by atoms with van der Waals surface area (Å²) < 4.78 is 0. The minimum atomic E-state index is 0.750. The third-order valence-corrected chi connectivity index (χ3v) is 5.98. The van der Waals surface area contributed by atoms with E-state index >= 15 is 0 Å². The zero-order chi connectivity index (χ0) is 23.8. The largest absolute Gasteiger partial charge is 0.358 e. The number of hydrogen-bond donors (Lipinski definition) is 3. The normalized spacial score (nSPS) is 11.2. The van der Waals surface area contributed by atoms with Crippen molar-refractivity contribution >= 4 is 27.6 Å². The summed E-state index contributed by atoms with van der Waals surface area (Å²) in [6, 6.07) is 12.0. The van der Waals surface area contributed by atoms with Gasteiger partial charge in [-0.3, -0.25) is 20.1 Å². The SMILES string of the molecule is C=C(CC)Nc1cncc(-c2ccc3[nH]nc(-c4cc5c(-c6ccncc6)cncc5[nH]4)c3n2)c1. The van der Waals surface area contributed by atoms with Gasteiger partial charge >= 0.3 is 0 Å². The average molecular weight is 459 g/mol.